The van der Waals surface area contributed by atoms with Crippen LogP contribution in [0.1, 0.15) is 12.8 Å². The molecule has 0 aliphatic rings. The van der Waals surface area contributed by atoms with Gasteiger partial charge in [-0.1, -0.05) is 0 Å². The summed E-state index contributed by atoms with van der Waals surface area (Å²) in [5, 5.41) is 0. The molecular formula is C9H17F3N2O2. The third kappa shape index (κ3) is 7.47. The highest BCUT2D eigenvalue weighted by atomic mass is 19.4. The predicted molar refractivity (Wildman–Crippen MR) is 52.8 cm³/mol. The Morgan fingerprint density at radius 3 is 2.50 bits per heavy atom. The van der Waals surface area contributed by atoms with Crippen molar-refractivity contribution in [3.05, 3.63) is 0 Å². The summed E-state index contributed by atoms with van der Waals surface area (Å²) in [4.78, 5) is 12.1. The number of amides is 1. The Morgan fingerprint density at radius 1 is 1.44 bits per heavy atom. The van der Waals surface area contributed by atoms with Gasteiger partial charge in [0.05, 0.1) is 0 Å². The first-order valence-electron chi connectivity index (χ1n) is 4.94. The molecule has 0 aliphatic carbocycles. The standard InChI is InChI=1S/C9H17F3N2O2/c1-16-6-2-3-8(15)14(5-4-13)7-9(10,11)12/h2-7,13H2,1H3. The number of alkyl halides is 3. The van der Waals surface area contributed by atoms with Crippen molar-refractivity contribution in [1.29, 1.82) is 0 Å². The molecule has 0 aromatic heterocycles. The number of nitrogens with zero attached hydrogens (tertiary/aromatic N) is 1. The molecule has 0 bridgehead atoms. The molecule has 0 saturated carbocycles. The molecular weight excluding hydrogens is 225 g/mol. The second kappa shape index (κ2) is 7.45. The maximum atomic E-state index is 12.1. The average Bonchev–Trinajstić information content (AvgIpc) is 2.15. The summed E-state index contributed by atoms with van der Waals surface area (Å²) >= 11 is 0. The summed E-state index contributed by atoms with van der Waals surface area (Å²) in [6, 6.07) is 0. The van der Waals surface area contributed by atoms with Gasteiger partial charge in [0.2, 0.25) is 5.91 Å². The largest absolute Gasteiger partial charge is 0.406 e. The maximum absolute atomic E-state index is 12.1. The lowest BCUT2D eigenvalue weighted by Crippen LogP contribution is -2.41. The van der Waals surface area contributed by atoms with E-state index >= 15 is 0 Å². The highest BCUT2D eigenvalue weighted by molar-refractivity contribution is 5.76. The van der Waals surface area contributed by atoms with E-state index in [1.54, 1.807) is 0 Å². The van der Waals surface area contributed by atoms with Crippen LogP contribution in [0.15, 0.2) is 0 Å². The summed E-state index contributed by atoms with van der Waals surface area (Å²) in [5.41, 5.74) is 5.15. The van der Waals surface area contributed by atoms with Gasteiger partial charge >= 0.3 is 6.18 Å². The third-order valence-electron chi connectivity index (χ3n) is 1.86. The van der Waals surface area contributed by atoms with Gasteiger partial charge in [-0.2, -0.15) is 13.2 Å². The van der Waals surface area contributed by atoms with Crippen LogP contribution in [0.5, 0.6) is 0 Å². The molecule has 0 aromatic rings. The van der Waals surface area contributed by atoms with Gasteiger partial charge in [0.15, 0.2) is 0 Å². The molecule has 7 heteroatoms. The van der Waals surface area contributed by atoms with E-state index in [1.165, 1.54) is 7.11 Å². The van der Waals surface area contributed by atoms with Gasteiger partial charge < -0.3 is 15.4 Å². The van der Waals surface area contributed by atoms with Crippen LogP contribution >= 0.6 is 0 Å². The van der Waals surface area contributed by atoms with Crippen molar-refractivity contribution >= 4 is 5.91 Å². The first-order chi connectivity index (χ1) is 7.40. The second-order valence-corrected chi connectivity index (χ2v) is 3.32. The highest BCUT2D eigenvalue weighted by Gasteiger charge is 2.32. The molecule has 1 amide bonds. The van der Waals surface area contributed by atoms with E-state index in [4.69, 9.17) is 10.5 Å². The number of hydrogen-bond acceptors (Lipinski definition) is 3. The van der Waals surface area contributed by atoms with Crippen LogP contribution in [0.2, 0.25) is 0 Å². The van der Waals surface area contributed by atoms with Crippen molar-refractivity contribution in [2.75, 3.05) is 33.4 Å². The molecule has 16 heavy (non-hydrogen) atoms. The Labute approximate surface area is 92.5 Å². The van der Waals surface area contributed by atoms with E-state index in [0.717, 1.165) is 4.90 Å². The van der Waals surface area contributed by atoms with Crippen LogP contribution in [0, 0.1) is 0 Å². The number of nitrogens with two attached hydrogens (primary N) is 1. The fourth-order valence-electron chi connectivity index (χ4n) is 1.19. The number of rotatable bonds is 7. The topological polar surface area (TPSA) is 55.6 Å². The lowest BCUT2D eigenvalue weighted by molar-refractivity contribution is -0.161. The van der Waals surface area contributed by atoms with Crippen LogP contribution in [0.4, 0.5) is 13.2 Å². The van der Waals surface area contributed by atoms with Gasteiger partial charge in [-0.15, -0.1) is 0 Å². The molecule has 0 fully saturated rings. The fourth-order valence-corrected chi connectivity index (χ4v) is 1.19. The van der Waals surface area contributed by atoms with Crippen molar-refractivity contribution in [2.45, 2.75) is 19.0 Å². The summed E-state index contributed by atoms with van der Waals surface area (Å²) < 4.78 is 41.1. The number of carbonyl (C=O) groups excluding carboxylic acids is 1. The van der Waals surface area contributed by atoms with Crippen LogP contribution in [0.3, 0.4) is 0 Å². The van der Waals surface area contributed by atoms with E-state index in [-0.39, 0.29) is 19.5 Å². The number of ether oxygens (including phenoxy) is 1. The minimum Gasteiger partial charge on any atom is -0.385 e. The molecule has 0 unspecified atom stereocenters. The van der Waals surface area contributed by atoms with Crippen LogP contribution in [-0.2, 0) is 9.53 Å². The second-order valence-electron chi connectivity index (χ2n) is 3.32. The van der Waals surface area contributed by atoms with Crippen molar-refractivity contribution in [3.63, 3.8) is 0 Å². The van der Waals surface area contributed by atoms with Gasteiger partial charge in [0.25, 0.3) is 0 Å². The minimum atomic E-state index is -4.38. The monoisotopic (exact) mass is 242 g/mol. The molecule has 0 rings (SSSR count). The Bertz CT molecular complexity index is 209. The first-order valence-corrected chi connectivity index (χ1v) is 4.94. The van der Waals surface area contributed by atoms with Crippen molar-refractivity contribution in [2.24, 2.45) is 5.73 Å². The fraction of sp³-hybridized carbons (Fsp3) is 0.889. The Morgan fingerprint density at radius 2 is 2.06 bits per heavy atom. The Hall–Kier alpha value is -0.820. The van der Waals surface area contributed by atoms with Crippen molar-refractivity contribution in [3.8, 4) is 0 Å². The molecule has 0 aliphatic heterocycles. The van der Waals surface area contributed by atoms with E-state index in [9.17, 15) is 18.0 Å². The normalized spacial score (nSPS) is 11.6. The molecule has 4 nitrogen and oxygen atoms in total. The summed E-state index contributed by atoms with van der Waals surface area (Å²) in [6.07, 6.45) is -3.93. The van der Waals surface area contributed by atoms with Crippen LogP contribution in [-0.4, -0.2) is 50.3 Å². The minimum absolute atomic E-state index is 0.0199. The Balaban J connectivity index is 4.13. The number of methoxy groups -OCH3 is 1. The van der Waals surface area contributed by atoms with E-state index in [1.807, 2.05) is 0 Å². The van der Waals surface area contributed by atoms with E-state index in [0.29, 0.717) is 13.0 Å². The molecule has 2 N–H and O–H groups in total. The van der Waals surface area contributed by atoms with Crippen LogP contribution < -0.4 is 5.73 Å². The maximum Gasteiger partial charge on any atom is 0.406 e. The number of carbonyl (C=O) groups is 1. The van der Waals surface area contributed by atoms with Crippen molar-refractivity contribution < 1.29 is 22.7 Å². The van der Waals surface area contributed by atoms with Gasteiger partial charge in [-0.05, 0) is 6.42 Å². The van der Waals surface area contributed by atoms with Gasteiger partial charge in [0.1, 0.15) is 6.54 Å². The zero-order valence-electron chi connectivity index (χ0n) is 9.22. The van der Waals surface area contributed by atoms with Crippen molar-refractivity contribution in [1.82, 2.24) is 4.90 Å². The SMILES string of the molecule is COCCCC(=O)N(CCN)CC(F)(F)F. The lowest BCUT2D eigenvalue weighted by atomic mass is 10.3. The number of hydrogen-bond donors (Lipinski definition) is 1. The molecule has 0 saturated heterocycles. The zero-order valence-corrected chi connectivity index (χ0v) is 9.22. The quantitative estimate of drug-likeness (QED) is 0.671. The Kier molecular flexibility index (Phi) is 7.07. The van der Waals surface area contributed by atoms with Gasteiger partial charge in [-0.25, -0.2) is 0 Å². The molecule has 0 radical (unpaired) electrons. The summed E-state index contributed by atoms with van der Waals surface area (Å²) in [6.45, 7) is -0.943. The molecule has 0 aromatic carbocycles. The first kappa shape index (κ1) is 15.2. The van der Waals surface area contributed by atoms with E-state index < -0.39 is 18.6 Å². The average molecular weight is 242 g/mol. The van der Waals surface area contributed by atoms with Crippen LogP contribution in [0.25, 0.3) is 0 Å². The number of halogens is 3. The van der Waals surface area contributed by atoms with Gasteiger partial charge in [0, 0.05) is 33.2 Å². The summed E-state index contributed by atoms with van der Waals surface area (Å²) in [7, 11) is 1.47. The highest BCUT2D eigenvalue weighted by Crippen LogP contribution is 2.16. The smallest absolute Gasteiger partial charge is 0.385 e. The molecule has 0 heterocycles. The zero-order chi connectivity index (χ0) is 12.6. The van der Waals surface area contributed by atoms with E-state index in [2.05, 4.69) is 0 Å². The molecule has 0 spiro atoms. The molecule has 0 atom stereocenters. The predicted octanol–water partition coefficient (Wildman–Crippen LogP) is 0.763. The molecule has 96 valence electrons. The van der Waals surface area contributed by atoms with Gasteiger partial charge in [-0.3, -0.25) is 4.79 Å². The third-order valence-corrected chi connectivity index (χ3v) is 1.86. The lowest BCUT2D eigenvalue weighted by Gasteiger charge is -2.23. The summed E-state index contributed by atoms with van der Waals surface area (Å²) in [5.74, 6) is -0.542.